The number of anilines is 2. The van der Waals surface area contributed by atoms with Crippen LogP contribution in [0.15, 0.2) is 42.6 Å². The Labute approximate surface area is 189 Å². The number of thiophene rings is 1. The molecule has 1 unspecified atom stereocenters. The highest BCUT2D eigenvalue weighted by Crippen LogP contribution is 2.41. The van der Waals surface area contributed by atoms with Crippen LogP contribution in [0.4, 0.5) is 11.5 Å². The lowest BCUT2D eigenvalue weighted by Gasteiger charge is -2.28. The number of amides is 1. The average molecular weight is 445 g/mol. The van der Waals surface area contributed by atoms with E-state index < -0.39 is 0 Å². The van der Waals surface area contributed by atoms with Crippen molar-refractivity contribution in [2.45, 2.75) is 13.0 Å². The van der Waals surface area contributed by atoms with Crippen molar-refractivity contribution in [2.24, 2.45) is 0 Å². The van der Waals surface area contributed by atoms with Crippen molar-refractivity contribution < 1.29 is 4.79 Å². The van der Waals surface area contributed by atoms with Gasteiger partial charge in [-0.2, -0.15) is 0 Å². The fourth-order valence-corrected chi connectivity index (χ4v) is 5.60. The van der Waals surface area contributed by atoms with Gasteiger partial charge in [0.15, 0.2) is 0 Å². The van der Waals surface area contributed by atoms with E-state index in [2.05, 4.69) is 50.1 Å². The van der Waals surface area contributed by atoms with E-state index in [-0.39, 0.29) is 11.9 Å². The van der Waals surface area contributed by atoms with Gasteiger partial charge in [-0.25, -0.2) is 9.97 Å². The summed E-state index contributed by atoms with van der Waals surface area (Å²) in [5, 5.41) is 12.0. The number of fused-ring (bicyclic) bond motifs is 5. The van der Waals surface area contributed by atoms with Crippen LogP contribution in [0, 0.1) is 0 Å². The van der Waals surface area contributed by atoms with Gasteiger partial charge in [0.2, 0.25) is 0 Å². The molecule has 0 aliphatic carbocycles. The minimum Gasteiger partial charge on any atom is -0.381 e. The molecule has 1 saturated heterocycles. The van der Waals surface area contributed by atoms with Gasteiger partial charge < -0.3 is 20.9 Å². The summed E-state index contributed by atoms with van der Waals surface area (Å²) in [5.74, 6) is 1.00. The molecule has 32 heavy (non-hydrogen) atoms. The third-order valence-corrected chi connectivity index (χ3v) is 7.33. The van der Waals surface area contributed by atoms with E-state index in [1.54, 1.807) is 0 Å². The number of aromatic nitrogens is 2. The standard InChI is InChI=1S/C24H24N6OS/c1-14-12-27-22-21-16-3-4-17(15-2-7-20(26-13-15)30-10-8-25-9-11-30)29-18(16)5-6-19(21)32-23(22)24(31)28-14/h2-7,13-14,25,27H,8-12H2,1H3,(H,28,31). The van der Waals surface area contributed by atoms with E-state index in [1.165, 1.54) is 11.3 Å². The van der Waals surface area contributed by atoms with Crippen LogP contribution < -0.4 is 20.9 Å². The molecule has 8 heteroatoms. The van der Waals surface area contributed by atoms with Crippen molar-refractivity contribution in [1.82, 2.24) is 20.6 Å². The normalized spacial score (nSPS) is 18.8. The van der Waals surface area contributed by atoms with Crippen LogP contribution in [-0.2, 0) is 0 Å². The molecule has 2 aliphatic heterocycles. The van der Waals surface area contributed by atoms with Gasteiger partial charge in [0, 0.05) is 66.0 Å². The van der Waals surface area contributed by atoms with Crippen molar-refractivity contribution in [3.63, 3.8) is 0 Å². The van der Waals surface area contributed by atoms with Crippen molar-refractivity contribution in [1.29, 1.82) is 0 Å². The summed E-state index contributed by atoms with van der Waals surface area (Å²) in [7, 11) is 0. The predicted octanol–water partition coefficient (Wildman–Crippen LogP) is 3.46. The highest BCUT2D eigenvalue weighted by atomic mass is 32.1. The number of carbonyl (C=O) groups is 1. The Morgan fingerprint density at radius 3 is 2.78 bits per heavy atom. The molecule has 1 amide bonds. The third-order valence-electron chi connectivity index (χ3n) is 6.18. The monoisotopic (exact) mass is 444 g/mol. The summed E-state index contributed by atoms with van der Waals surface area (Å²) >= 11 is 1.53. The molecule has 0 spiro atoms. The highest BCUT2D eigenvalue weighted by Gasteiger charge is 2.24. The third kappa shape index (κ3) is 3.27. The first-order valence-electron chi connectivity index (χ1n) is 11.0. The van der Waals surface area contributed by atoms with Gasteiger partial charge in [0.25, 0.3) is 5.91 Å². The molecule has 1 atom stereocenters. The van der Waals surface area contributed by atoms with Crippen molar-refractivity contribution in [3.05, 3.63) is 47.5 Å². The van der Waals surface area contributed by atoms with E-state index in [4.69, 9.17) is 4.98 Å². The second-order valence-corrected chi connectivity index (χ2v) is 9.46. The van der Waals surface area contributed by atoms with Crippen LogP contribution in [-0.4, -0.2) is 54.6 Å². The van der Waals surface area contributed by atoms with Gasteiger partial charge >= 0.3 is 0 Å². The highest BCUT2D eigenvalue weighted by molar-refractivity contribution is 7.21. The number of rotatable bonds is 2. The largest absolute Gasteiger partial charge is 0.381 e. The first-order chi connectivity index (χ1) is 15.7. The summed E-state index contributed by atoms with van der Waals surface area (Å²) in [5.41, 5.74) is 3.74. The molecule has 0 saturated carbocycles. The van der Waals surface area contributed by atoms with Gasteiger partial charge in [0.1, 0.15) is 10.7 Å². The summed E-state index contributed by atoms with van der Waals surface area (Å²) < 4.78 is 1.09. The van der Waals surface area contributed by atoms with Gasteiger partial charge in [-0.3, -0.25) is 4.79 Å². The van der Waals surface area contributed by atoms with Gasteiger partial charge in [-0.1, -0.05) is 0 Å². The quantitative estimate of drug-likeness (QED) is 0.439. The minimum atomic E-state index is -0.00733. The molecule has 2 aliphatic rings. The van der Waals surface area contributed by atoms with Gasteiger partial charge in [-0.05, 0) is 43.3 Å². The molecule has 1 fully saturated rings. The van der Waals surface area contributed by atoms with Crippen LogP contribution in [0.3, 0.4) is 0 Å². The second-order valence-electron chi connectivity index (χ2n) is 8.41. The average Bonchev–Trinajstić information content (AvgIpc) is 3.16. The Bertz CT molecular complexity index is 1330. The summed E-state index contributed by atoms with van der Waals surface area (Å²) in [6.07, 6.45) is 1.91. The Hall–Kier alpha value is -3.23. The molecule has 3 aromatic heterocycles. The second kappa shape index (κ2) is 7.72. The molecule has 3 N–H and O–H groups in total. The molecule has 0 radical (unpaired) electrons. The SMILES string of the molecule is CC1CNc2c(sc3ccc4nc(-c5ccc(N6CCNCC6)nc5)ccc4c23)C(=O)N1. The van der Waals surface area contributed by atoms with Crippen molar-refractivity contribution >= 4 is 49.7 Å². The molecule has 1 aromatic carbocycles. The van der Waals surface area contributed by atoms with Crippen LogP contribution in [0.1, 0.15) is 16.6 Å². The first-order valence-corrected chi connectivity index (χ1v) is 11.8. The number of nitrogens with zero attached hydrogens (tertiary/aromatic N) is 3. The fraction of sp³-hybridized carbons (Fsp3) is 0.292. The molecule has 7 nitrogen and oxygen atoms in total. The number of benzene rings is 1. The van der Waals surface area contributed by atoms with E-state index in [0.717, 1.165) is 74.8 Å². The van der Waals surface area contributed by atoms with E-state index in [1.807, 2.05) is 25.3 Å². The lowest BCUT2D eigenvalue weighted by Crippen LogP contribution is -2.43. The zero-order valence-electron chi connectivity index (χ0n) is 17.8. The van der Waals surface area contributed by atoms with Crippen LogP contribution in [0.5, 0.6) is 0 Å². The number of piperazine rings is 1. The maximum Gasteiger partial charge on any atom is 0.263 e. The molecule has 6 rings (SSSR count). The zero-order valence-corrected chi connectivity index (χ0v) is 18.6. The summed E-state index contributed by atoms with van der Waals surface area (Å²) in [4.78, 5) is 25.3. The fourth-order valence-electron chi connectivity index (χ4n) is 4.50. The number of pyridine rings is 2. The maximum absolute atomic E-state index is 12.6. The smallest absolute Gasteiger partial charge is 0.263 e. The Kier molecular flexibility index (Phi) is 4.69. The molecule has 0 bridgehead atoms. The Morgan fingerprint density at radius 1 is 1.09 bits per heavy atom. The predicted molar refractivity (Wildman–Crippen MR) is 131 cm³/mol. The number of hydrogen-bond donors (Lipinski definition) is 3. The lowest BCUT2D eigenvalue weighted by molar-refractivity contribution is 0.0949. The minimum absolute atomic E-state index is 0.00733. The van der Waals surface area contributed by atoms with E-state index >= 15 is 0 Å². The van der Waals surface area contributed by atoms with Crippen molar-refractivity contribution in [2.75, 3.05) is 42.9 Å². The molecule has 5 heterocycles. The van der Waals surface area contributed by atoms with E-state index in [0.29, 0.717) is 6.54 Å². The lowest BCUT2D eigenvalue weighted by atomic mass is 10.1. The first kappa shape index (κ1) is 19.5. The van der Waals surface area contributed by atoms with Crippen LogP contribution in [0.2, 0.25) is 0 Å². The Balaban J connectivity index is 1.39. The zero-order chi connectivity index (χ0) is 21.7. The molecular weight excluding hydrogens is 420 g/mol. The molecule has 4 aromatic rings. The Morgan fingerprint density at radius 2 is 1.97 bits per heavy atom. The number of carbonyl (C=O) groups excluding carboxylic acids is 1. The van der Waals surface area contributed by atoms with Gasteiger partial charge in [-0.15, -0.1) is 11.3 Å². The number of hydrogen-bond acceptors (Lipinski definition) is 7. The maximum atomic E-state index is 12.6. The number of nitrogens with one attached hydrogen (secondary N) is 3. The summed E-state index contributed by atoms with van der Waals surface area (Å²) in [6.45, 7) is 6.66. The molecular formula is C24H24N6OS. The van der Waals surface area contributed by atoms with E-state index in [9.17, 15) is 4.79 Å². The van der Waals surface area contributed by atoms with Crippen LogP contribution >= 0.6 is 11.3 Å². The summed E-state index contributed by atoms with van der Waals surface area (Å²) in [6, 6.07) is 12.5. The van der Waals surface area contributed by atoms with Crippen molar-refractivity contribution in [3.8, 4) is 11.3 Å². The van der Waals surface area contributed by atoms with Crippen LogP contribution in [0.25, 0.3) is 32.2 Å². The topological polar surface area (TPSA) is 82.2 Å². The van der Waals surface area contributed by atoms with Gasteiger partial charge in [0.05, 0.1) is 16.9 Å². The molecule has 162 valence electrons.